The van der Waals surface area contributed by atoms with E-state index in [2.05, 4.69) is 37.2 Å². The predicted molar refractivity (Wildman–Crippen MR) is 78.8 cm³/mol. The van der Waals surface area contributed by atoms with Gasteiger partial charge in [-0.25, -0.2) is 4.39 Å². The Labute approximate surface area is 124 Å². The molecule has 18 heavy (non-hydrogen) atoms. The lowest BCUT2D eigenvalue weighted by Crippen LogP contribution is -2.10. The molecule has 0 saturated heterocycles. The van der Waals surface area contributed by atoms with Crippen LogP contribution in [0.2, 0.25) is 0 Å². The molecule has 6 heteroatoms. The van der Waals surface area contributed by atoms with Crippen molar-refractivity contribution >= 4 is 54.8 Å². The molecule has 1 heterocycles. The molecule has 0 spiro atoms. The Kier molecular flexibility index (Phi) is 4.19. The Morgan fingerprint density at radius 3 is 2.61 bits per heavy atom. The molecule has 0 aliphatic rings. The third kappa shape index (κ3) is 2.99. The molecule has 94 valence electrons. The maximum atomic E-state index is 13.3. The summed E-state index contributed by atoms with van der Waals surface area (Å²) in [6, 6.07) is 6.33. The molecule has 2 aromatic rings. The van der Waals surface area contributed by atoms with Gasteiger partial charge < -0.3 is 5.32 Å². The van der Waals surface area contributed by atoms with E-state index in [-0.39, 0.29) is 11.7 Å². The second-order valence-electron chi connectivity index (χ2n) is 3.65. The quantitative estimate of drug-likeness (QED) is 0.767. The smallest absolute Gasteiger partial charge is 0.265 e. The van der Waals surface area contributed by atoms with Crippen molar-refractivity contribution in [2.45, 2.75) is 6.92 Å². The molecule has 1 amide bonds. The zero-order chi connectivity index (χ0) is 13.3. The van der Waals surface area contributed by atoms with E-state index in [1.165, 1.54) is 17.4 Å². The van der Waals surface area contributed by atoms with E-state index < -0.39 is 0 Å². The number of amides is 1. The van der Waals surface area contributed by atoms with Gasteiger partial charge in [-0.1, -0.05) is 6.07 Å². The van der Waals surface area contributed by atoms with Crippen molar-refractivity contribution in [2.75, 3.05) is 5.32 Å². The van der Waals surface area contributed by atoms with E-state index in [4.69, 9.17) is 0 Å². The van der Waals surface area contributed by atoms with Gasteiger partial charge in [0.2, 0.25) is 0 Å². The molecule has 1 aromatic carbocycles. The van der Waals surface area contributed by atoms with Crippen molar-refractivity contribution < 1.29 is 9.18 Å². The van der Waals surface area contributed by atoms with Gasteiger partial charge in [-0.05, 0) is 62.5 Å². The van der Waals surface area contributed by atoms with E-state index in [9.17, 15) is 9.18 Å². The van der Waals surface area contributed by atoms with E-state index in [0.717, 1.165) is 8.26 Å². The summed E-state index contributed by atoms with van der Waals surface area (Å²) in [7, 11) is 0. The van der Waals surface area contributed by atoms with Crippen molar-refractivity contribution in [3.05, 3.63) is 48.8 Å². The highest BCUT2D eigenvalue weighted by atomic mass is 79.9. The monoisotopic (exact) mass is 391 g/mol. The molecule has 0 atom stereocenters. The summed E-state index contributed by atoms with van der Waals surface area (Å²) < 4.78 is 15.0. The summed E-state index contributed by atoms with van der Waals surface area (Å²) in [5, 5.41) is 2.66. The number of aryl methyl sites for hydroxylation is 1. The fraction of sp³-hybridized carbons (Fsp3) is 0.0833. The van der Waals surface area contributed by atoms with Gasteiger partial charge in [-0.15, -0.1) is 11.3 Å². The van der Waals surface area contributed by atoms with Crippen LogP contribution in [0.1, 0.15) is 15.2 Å². The predicted octanol–water partition coefficient (Wildman–Crippen LogP) is 4.97. The number of nitrogens with one attached hydrogen (secondary N) is 1. The van der Waals surface area contributed by atoms with Crippen LogP contribution in [0.5, 0.6) is 0 Å². The standard InChI is InChI=1S/C12H8Br2FNOS/c1-6-2-3-7(4-9(6)15)16-12(17)10-5-8(13)11(14)18-10/h2-5H,1H3,(H,16,17). The first-order valence-electron chi connectivity index (χ1n) is 4.99. The number of carbonyl (C=O) groups excluding carboxylic acids is 1. The van der Waals surface area contributed by atoms with Crippen LogP contribution in [-0.4, -0.2) is 5.91 Å². The van der Waals surface area contributed by atoms with Crippen molar-refractivity contribution in [1.29, 1.82) is 0 Å². The lowest BCUT2D eigenvalue weighted by atomic mass is 10.2. The largest absolute Gasteiger partial charge is 0.321 e. The Morgan fingerprint density at radius 2 is 2.06 bits per heavy atom. The van der Waals surface area contributed by atoms with Crippen molar-refractivity contribution in [3.8, 4) is 0 Å². The summed E-state index contributed by atoms with van der Waals surface area (Å²) >= 11 is 7.95. The van der Waals surface area contributed by atoms with Gasteiger partial charge >= 0.3 is 0 Å². The minimum absolute atomic E-state index is 0.255. The van der Waals surface area contributed by atoms with Gasteiger partial charge in [-0.2, -0.15) is 0 Å². The summed E-state index contributed by atoms with van der Waals surface area (Å²) in [6.45, 7) is 1.68. The molecule has 2 nitrogen and oxygen atoms in total. The van der Waals surface area contributed by atoms with Crippen LogP contribution in [0.25, 0.3) is 0 Å². The Balaban J connectivity index is 2.18. The Hall–Kier alpha value is -0.720. The van der Waals surface area contributed by atoms with Crippen LogP contribution in [0.3, 0.4) is 0 Å². The van der Waals surface area contributed by atoms with E-state index in [0.29, 0.717) is 16.1 Å². The number of halogens is 3. The van der Waals surface area contributed by atoms with Gasteiger partial charge in [0.25, 0.3) is 5.91 Å². The minimum Gasteiger partial charge on any atom is -0.321 e. The van der Waals surface area contributed by atoms with E-state index >= 15 is 0 Å². The average Bonchev–Trinajstić information content (AvgIpc) is 2.65. The summed E-state index contributed by atoms with van der Waals surface area (Å²) in [4.78, 5) is 12.5. The maximum Gasteiger partial charge on any atom is 0.265 e. The van der Waals surface area contributed by atoms with Gasteiger partial charge in [0, 0.05) is 10.2 Å². The van der Waals surface area contributed by atoms with Gasteiger partial charge in [0.05, 0.1) is 8.66 Å². The van der Waals surface area contributed by atoms with Gasteiger partial charge in [0.15, 0.2) is 0 Å². The third-order valence-electron chi connectivity index (χ3n) is 2.30. The number of benzene rings is 1. The van der Waals surface area contributed by atoms with E-state index in [1.54, 1.807) is 25.1 Å². The van der Waals surface area contributed by atoms with Crippen LogP contribution in [0, 0.1) is 12.7 Å². The summed E-state index contributed by atoms with van der Waals surface area (Å²) in [5.74, 6) is -0.587. The fourth-order valence-corrected chi connectivity index (χ4v) is 3.25. The van der Waals surface area contributed by atoms with Crippen LogP contribution in [0.15, 0.2) is 32.5 Å². The minimum atomic E-state index is -0.332. The number of anilines is 1. The molecule has 0 unspecified atom stereocenters. The molecule has 1 aromatic heterocycles. The van der Waals surface area contributed by atoms with Crippen molar-refractivity contribution in [2.24, 2.45) is 0 Å². The van der Waals surface area contributed by atoms with Crippen LogP contribution >= 0.6 is 43.2 Å². The normalized spacial score (nSPS) is 10.4. The third-order valence-corrected chi connectivity index (χ3v) is 5.55. The molecule has 2 rings (SSSR count). The first kappa shape index (κ1) is 13.7. The Bertz CT molecular complexity index is 593. The number of carbonyl (C=O) groups is 1. The molecule has 0 radical (unpaired) electrons. The topological polar surface area (TPSA) is 29.1 Å². The highest BCUT2D eigenvalue weighted by Crippen LogP contribution is 2.32. The second-order valence-corrected chi connectivity index (χ2v) is 6.87. The number of rotatable bonds is 2. The Morgan fingerprint density at radius 1 is 1.33 bits per heavy atom. The highest BCUT2D eigenvalue weighted by Gasteiger charge is 2.12. The molecule has 0 fully saturated rings. The van der Waals surface area contributed by atoms with Crippen LogP contribution in [0.4, 0.5) is 10.1 Å². The second kappa shape index (κ2) is 5.50. The van der Waals surface area contributed by atoms with Crippen molar-refractivity contribution in [1.82, 2.24) is 0 Å². The first-order chi connectivity index (χ1) is 8.47. The van der Waals surface area contributed by atoms with Crippen LogP contribution < -0.4 is 5.32 Å². The summed E-state index contributed by atoms with van der Waals surface area (Å²) in [6.07, 6.45) is 0. The number of hydrogen-bond acceptors (Lipinski definition) is 2. The fourth-order valence-electron chi connectivity index (χ4n) is 1.32. The molecular formula is C12H8Br2FNOS. The molecule has 0 saturated carbocycles. The lowest BCUT2D eigenvalue weighted by Gasteiger charge is -2.04. The summed E-state index contributed by atoms with van der Waals surface area (Å²) in [5.41, 5.74) is 0.998. The first-order valence-corrected chi connectivity index (χ1v) is 7.40. The van der Waals surface area contributed by atoms with Gasteiger partial charge in [0.1, 0.15) is 5.82 Å². The SMILES string of the molecule is Cc1ccc(NC(=O)c2cc(Br)c(Br)s2)cc1F. The van der Waals surface area contributed by atoms with Crippen molar-refractivity contribution in [3.63, 3.8) is 0 Å². The number of thiophene rings is 1. The average molecular weight is 393 g/mol. The number of hydrogen-bond donors (Lipinski definition) is 1. The molecular weight excluding hydrogens is 385 g/mol. The van der Waals surface area contributed by atoms with E-state index in [1.807, 2.05) is 0 Å². The molecule has 1 N–H and O–H groups in total. The maximum absolute atomic E-state index is 13.3. The van der Waals surface area contributed by atoms with Gasteiger partial charge in [-0.3, -0.25) is 4.79 Å². The zero-order valence-electron chi connectivity index (χ0n) is 9.26. The molecule has 0 bridgehead atoms. The zero-order valence-corrected chi connectivity index (χ0v) is 13.2. The molecule has 0 aliphatic heterocycles. The van der Waals surface area contributed by atoms with Crippen LogP contribution in [-0.2, 0) is 0 Å². The lowest BCUT2D eigenvalue weighted by molar-refractivity contribution is 0.103. The highest BCUT2D eigenvalue weighted by molar-refractivity contribution is 9.13. The molecule has 0 aliphatic carbocycles.